The molecule has 0 fully saturated rings. The largest absolute Gasteiger partial charge is 0.456 e. The molecule has 3 aliphatic rings. The second kappa shape index (κ2) is 15.1. The van der Waals surface area contributed by atoms with Crippen molar-refractivity contribution in [3.8, 4) is 44.9 Å². The van der Waals surface area contributed by atoms with Crippen LogP contribution < -0.4 is 14.5 Å². The lowest BCUT2D eigenvalue weighted by atomic mass is 9.82. The number of hydrogen-bond acceptors (Lipinski definition) is 5. The van der Waals surface area contributed by atoms with Crippen molar-refractivity contribution in [3.63, 3.8) is 0 Å². The van der Waals surface area contributed by atoms with E-state index in [9.17, 15) is 0 Å². The van der Waals surface area contributed by atoms with Crippen LogP contribution in [0.4, 0.5) is 34.1 Å². The van der Waals surface area contributed by atoms with E-state index >= 15 is 0 Å². The van der Waals surface area contributed by atoms with Gasteiger partial charge in [-0.05, 0) is 147 Å². The molecule has 0 amide bonds. The zero-order valence-corrected chi connectivity index (χ0v) is 41.9. The van der Waals surface area contributed by atoms with E-state index in [0.717, 1.165) is 111 Å². The van der Waals surface area contributed by atoms with Crippen molar-refractivity contribution < 1.29 is 13.6 Å². The van der Waals surface area contributed by atoms with Gasteiger partial charge in [-0.2, -0.15) is 0 Å². The van der Waals surface area contributed by atoms with Gasteiger partial charge in [-0.15, -0.1) is 0 Å². The average Bonchev–Trinajstić information content (AvgIpc) is 4.16. The van der Waals surface area contributed by atoms with Crippen molar-refractivity contribution in [2.75, 3.05) is 9.80 Å². The highest BCUT2D eigenvalue weighted by Gasteiger charge is 2.38. The molecule has 0 unspecified atom stereocenters. The van der Waals surface area contributed by atoms with E-state index in [1.54, 1.807) is 0 Å². The molecule has 3 heterocycles. The minimum absolute atomic E-state index is 0.169. The molecule has 356 valence electrons. The lowest BCUT2D eigenvalue weighted by Crippen LogP contribution is -2.17. The van der Waals surface area contributed by atoms with Crippen molar-refractivity contribution in [1.82, 2.24) is 0 Å². The van der Waals surface area contributed by atoms with Crippen molar-refractivity contribution in [3.05, 3.63) is 241 Å². The van der Waals surface area contributed by atoms with Crippen molar-refractivity contribution in [1.29, 1.82) is 0 Å². The van der Waals surface area contributed by atoms with Crippen LogP contribution >= 0.6 is 0 Å². The Morgan fingerprint density at radius 3 is 1.35 bits per heavy atom. The lowest BCUT2D eigenvalue weighted by Gasteiger charge is -2.31. The summed E-state index contributed by atoms with van der Waals surface area (Å²) in [6.07, 6.45) is 0. The van der Waals surface area contributed by atoms with Gasteiger partial charge >= 0.3 is 0 Å². The van der Waals surface area contributed by atoms with Crippen LogP contribution in [0.1, 0.15) is 49.9 Å². The topological polar surface area (TPSA) is 42.0 Å². The van der Waals surface area contributed by atoms with Gasteiger partial charge < -0.3 is 23.4 Å². The Hall–Kier alpha value is -9.32. The summed E-state index contributed by atoms with van der Waals surface area (Å²) < 4.78 is 19.9. The van der Waals surface area contributed by atoms with E-state index in [2.05, 4.69) is 232 Å². The average molecular weight is 965 g/mol. The van der Waals surface area contributed by atoms with Gasteiger partial charge in [-0.1, -0.05) is 143 Å². The summed E-state index contributed by atoms with van der Waals surface area (Å²) in [6, 6.07) is 79.3. The Labute approximate surface area is 434 Å². The minimum Gasteiger partial charge on any atom is -0.456 e. The summed E-state index contributed by atoms with van der Waals surface area (Å²) in [7, 11) is 0. The van der Waals surface area contributed by atoms with Gasteiger partial charge in [0.2, 0.25) is 0 Å². The molecular weight excluding hydrogens is 917 g/mol. The number of para-hydroxylation sites is 2. The Bertz CT molecular complexity index is 4610. The van der Waals surface area contributed by atoms with Crippen LogP contribution in [-0.4, -0.2) is 0 Å². The fraction of sp³-hybridized carbons (Fsp3) is 0.0857. The summed E-state index contributed by atoms with van der Waals surface area (Å²) in [4.78, 5) is 4.80. The second-order valence-corrected chi connectivity index (χ2v) is 21.6. The van der Waals surface area contributed by atoms with Crippen LogP contribution in [0.15, 0.2) is 227 Å². The van der Waals surface area contributed by atoms with Crippen molar-refractivity contribution in [2.24, 2.45) is 0 Å². The molecule has 5 heteroatoms. The molecular formula is C70H48N2O3. The van der Waals surface area contributed by atoms with E-state index in [4.69, 9.17) is 13.6 Å². The van der Waals surface area contributed by atoms with Gasteiger partial charge in [0.15, 0.2) is 0 Å². The van der Waals surface area contributed by atoms with Crippen LogP contribution in [0.3, 0.4) is 0 Å². The predicted molar refractivity (Wildman–Crippen MR) is 309 cm³/mol. The highest BCUT2D eigenvalue weighted by Crippen LogP contribution is 2.56. The second-order valence-electron chi connectivity index (χ2n) is 21.6. The number of anilines is 6. The smallest absolute Gasteiger partial charge is 0.137 e. The van der Waals surface area contributed by atoms with Crippen LogP contribution in [0.2, 0.25) is 0 Å². The number of rotatable bonds is 6. The molecule has 13 aromatic rings. The molecule has 11 aromatic carbocycles. The summed E-state index contributed by atoms with van der Waals surface area (Å²) in [5.74, 6) is 1.63. The Balaban J connectivity index is 0.860. The molecule has 0 N–H and O–H groups in total. The fourth-order valence-corrected chi connectivity index (χ4v) is 13.2. The third kappa shape index (κ3) is 5.95. The first-order valence-corrected chi connectivity index (χ1v) is 26.0. The third-order valence-electron chi connectivity index (χ3n) is 16.8. The number of fused-ring (bicyclic) bond motifs is 14. The number of benzene rings is 11. The molecule has 16 rings (SSSR count). The molecule has 2 aromatic heterocycles. The third-order valence-corrected chi connectivity index (χ3v) is 16.8. The first kappa shape index (κ1) is 42.2. The monoisotopic (exact) mass is 964 g/mol. The van der Waals surface area contributed by atoms with Gasteiger partial charge in [-0.25, -0.2) is 0 Å². The first-order valence-electron chi connectivity index (χ1n) is 26.0. The molecule has 0 radical (unpaired) electrons. The number of furan rings is 2. The molecule has 75 heavy (non-hydrogen) atoms. The molecule has 2 aliphatic carbocycles. The molecule has 0 bridgehead atoms. The molecule has 0 atom stereocenters. The summed E-state index contributed by atoms with van der Waals surface area (Å²) in [5, 5.41) is 6.53. The standard InChI is InChI=1S/C70H48N2O3/c1-69(2)57-19-9-5-14-46(57)48-29-24-43(38-59(48)69)71(41-27-34-64-55(36-41)50-16-7-11-21-62(50)73-64)45-26-31-52-53-32-33-61(54-18-13-23-66(68(53)54)75-67(52)40-45)72(42-28-35-65-56(37-42)51-17-8-12-22-63(51)74-65)44-25-30-49-47-15-6-10-20-58(47)70(3,4)60(49)39-44/h5-40H,1-4H3. The van der Waals surface area contributed by atoms with E-state index in [1.807, 2.05) is 24.3 Å². The van der Waals surface area contributed by atoms with Gasteiger partial charge in [0.05, 0.1) is 5.69 Å². The molecule has 1 aliphatic heterocycles. The van der Waals surface area contributed by atoms with E-state index in [0.29, 0.717) is 0 Å². The molecule has 5 nitrogen and oxygen atoms in total. The maximum absolute atomic E-state index is 7.17. The Morgan fingerprint density at radius 1 is 0.293 bits per heavy atom. The van der Waals surface area contributed by atoms with Crippen LogP contribution in [0.5, 0.6) is 11.5 Å². The van der Waals surface area contributed by atoms with Gasteiger partial charge in [-0.3, -0.25) is 0 Å². The quantitative estimate of drug-likeness (QED) is 0.166. The van der Waals surface area contributed by atoms with Crippen molar-refractivity contribution in [2.45, 2.75) is 38.5 Å². The predicted octanol–water partition coefficient (Wildman–Crippen LogP) is 20.0. The van der Waals surface area contributed by atoms with E-state index < -0.39 is 0 Å². The van der Waals surface area contributed by atoms with Crippen LogP contribution in [-0.2, 0) is 10.8 Å². The van der Waals surface area contributed by atoms with Gasteiger partial charge in [0, 0.05) is 83.2 Å². The van der Waals surface area contributed by atoms with Crippen molar-refractivity contribution >= 4 is 88.8 Å². The number of hydrogen-bond donors (Lipinski definition) is 0. The zero-order chi connectivity index (χ0) is 49.9. The fourth-order valence-electron chi connectivity index (χ4n) is 13.2. The van der Waals surface area contributed by atoms with Gasteiger partial charge in [0.25, 0.3) is 0 Å². The van der Waals surface area contributed by atoms with Crippen LogP contribution in [0.25, 0.3) is 88.0 Å². The Morgan fingerprint density at radius 2 is 0.733 bits per heavy atom. The maximum Gasteiger partial charge on any atom is 0.137 e. The lowest BCUT2D eigenvalue weighted by molar-refractivity contribution is 0.487. The molecule has 0 saturated carbocycles. The van der Waals surface area contributed by atoms with Crippen LogP contribution in [0, 0.1) is 0 Å². The highest BCUT2D eigenvalue weighted by molar-refractivity contribution is 6.13. The zero-order valence-electron chi connectivity index (χ0n) is 41.9. The highest BCUT2D eigenvalue weighted by atomic mass is 16.5. The number of ether oxygens (including phenoxy) is 1. The van der Waals surface area contributed by atoms with E-state index in [1.165, 1.54) is 44.5 Å². The molecule has 0 saturated heterocycles. The normalized spacial score (nSPS) is 14.2. The van der Waals surface area contributed by atoms with Gasteiger partial charge in [0.1, 0.15) is 33.8 Å². The number of nitrogens with zero attached hydrogens (tertiary/aromatic N) is 2. The minimum atomic E-state index is -0.173. The molecule has 0 spiro atoms. The summed E-state index contributed by atoms with van der Waals surface area (Å²) in [5.41, 5.74) is 22.2. The Kier molecular flexibility index (Phi) is 8.51. The SMILES string of the molecule is CC1(C)c2ccccc2-c2ccc(N(c3ccc4c(c3)Oc3cccc5c(N(c6ccc7c(c6)C(C)(C)c6ccccc6-7)c6ccc7oc8ccccc8c7c6)ccc-4c35)c3ccc4oc5ccccc5c4c3)cc21. The summed E-state index contributed by atoms with van der Waals surface area (Å²) >= 11 is 0. The first-order chi connectivity index (χ1) is 36.7. The van der Waals surface area contributed by atoms with E-state index in [-0.39, 0.29) is 10.8 Å². The summed E-state index contributed by atoms with van der Waals surface area (Å²) in [6.45, 7) is 9.39. The maximum atomic E-state index is 7.17.